The number of aliphatic hydroxyl groups is 1. The molecule has 1 aliphatic rings. The van der Waals surface area contributed by atoms with Crippen LogP contribution in [0.5, 0.6) is 0 Å². The largest absolute Gasteiger partial charge is 0.481 e. The fourth-order valence-corrected chi connectivity index (χ4v) is 2.48. The first-order valence-corrected chi connectivity index (χ1v) is 6.71. The summed E-state index contributed by atoms with van der Waals surface area (Å²) in [4.78, 5) is 23.0. The maximum absolute atomic E-state index is 11.9. The van der Waals surface area contributed by atoms with Crippen LogP contribution in [-0.4, -0.2) is 34.7 Å². The van der Waals surface area contributed by atoms with Crippen LogP contribution in [0.2, 0.25) is 0 Å². The highest BCUT2D eigenvalue weighted by Crippen LogP contribution is 2.30. The Morgan fingerprint density at radius 1 is 1.28 bits per heavy atom. The lowest BCUT2D eigenvalue weighted by atomic mass is 9.78. The molecule has 0 bridgehead atoms. The predicted octanol–water partition coefficient (Wildman–Crippen LogP) is 1.15. The Balaban J connectivity index is 2.36. The van der Waals surface area contributed by atoms with Crippen molar-refractivity contribution in [2.24, 2.45) is 11.8 Å². The Hall–Kier alpha value is -1.10. The van der Waals surface area contributed by atoms with Crippen LogP contribution in [0.3, 0.4) is 0 Å². The quantitative estimate of drug-likeness (QED) is 0.623. The van der Waals surface area contributed by atoms with Crippen molar-refractivity contribution < 1.29 is 19.8 Å². The molecule has 1 amide bonds. The lowest BCUT2D eigenvalue weighted by Crippen LogP contribution is -2.40. The molecule has 0 radical (unpaired) electrons. The minimum atomic E-state index is -0.862. The highest BCUT2D eigenvalue weighted by Gasteiger charge is 2.35. The topological polar surface area (TPSA) is 86.6 Å². The van der Waals surface area contributed by atoms with E-state index in [4.69, 9.17) is 10.2 Å². The first-order chi connectivity index (χ1) is 8.52. The number of carboxylic acid groups (broad SMARTS) is 1. The van der Waals surface area contributed by atoms with Gasteiger partial charge < -0.3 is 15.5 Å². The summed E-state index contributed by atoms with van der Waals surface area (Å²) in [5.74, 6) is -1.93. The van der Waals surface area contributed by atoms with Gasteiger partial charge in [-0.3, -0.25) is 9.59 Å². The molecule has 3 atom stereocenters. The second-order valence-electron chi connectivity index (χ2n) is 5.12. The van der Waals surface area contributed by atoms with Gasteiger partial charge in [0.1, 0.15) is 0 Å². The molecule has 1 aliphatic carbocycles. The molecule has 1 rings (SSSR count). The summed E-state index contributed by atoms with van der Waals surface area (Å²) in [5, 5.41) is 21.0. The van der Waals surface area contributed by atoms with Crippen LogP contribution < -0.4 is 5.32 Å². The fraction of sp³-hybridized carbons (Fsp3) is 0.846. The zero-order valence-corrected chi connectivity index (χ0v) is 10.9. The first kappa shape index (κ1) is 15.0. The number of nitrogens with one attached hydrogen (secondary N) is 1. The summed E-state index contributed by atoms with van der Waals surface area (Å²) < 4.78 is 0. The van der Waals surface area contributed by atoms with Crippen LogP contribution in [0, 0.1) is 11.8 Å². The highest BCUT2D eigenvalue weighted by atomic mass is 16.4. The summed E-state index contributed by atoms with van der Waals surface area (Å²) in [5.41, 5.74) is 0. The van der Waals surface area contributed by atoms with Crippen molar-refractivity contribution in [3.63, 3.8) is 0 Å². The number of hydrogen-bond donors (Lipinski definition) is 3. The number of amides is 1. The van der Waals surface area contributed by atoms with Gasteiger partial charge in [-0.2, -0.15) is 0 Å². The van der Waals surface area contributed by atoms with Gasteiger partial charge in [-0.25, -0.2) is 0 Å². The normalized spacial score (nSPS) is 25.4. The molecular weight excluding hydrogens is 234 g/mol. The van der Waals surface area contributed by atoms with E-state index < -0.39 is 11.9 Å². The van der Waals surface area contributed by atoms with Gasteiger partial charge in [-0.1, -0.05) is 12.8 Å². The maximum Gasteiger partial charge on any atom is 0.307 e. The molecule has 3 N–H and O–H groups in total. The molecule has 18 heavy (non-hydrogen) atoms. The van der Waals surface area contributed by atoms with Crippen LogP contribution in [0.15, 0.2) is 0 Å². The van der Waals surface area contributed by atoms with E-state index in [1.54, 1.807) is 6.92 Å². The molecular formula is C13H23NO4. The molecule has 0 saturated heterocycles. The van der Waals surface area contributed by atoms with Gasteiger partial charge in [0.25, 0.3) is 0 Å². The number of aliphatic hydroxyl groups excluding tert-OH is 1. The third-order valence-electron chi connectivity index (χ3n) is 3.52. The summed E-state index contributed by atoms with van der Waals surface area (Å²) >= 11 is 0. The molecule has 0 aromatic heterocycles. The molecule has 5 heteroatoms. The number of carbonyl (C=O) groups is 2. The SMILES string of the molecule is CC(O)CCCNC(=O)[C@@H]1CCCC[C@@H]1C(=O)O. The molecule has 1 saturated carbocycles. The summed E-state index contributed by atoms with van der Waals surface area (Å²) in [6.07, 6.45) is 4.09. The zero-order valence-electron chi connectivity index (χ0n) is 10.9. The lowest BCUT2D eigenvalue weighted by molar-refractivity contribution is -0.148. The van der Waals surface area contributed by atoms with Gasteiger partial charge in [-0.15, -0.1) is 0 Å². The van der Waals surface area contributed by atoms with Crippen LogP contribution in [0.25, 0.3) is 0 Å². The summed E-state index contributed by atoms with van der Waals surface area (Å²) in [6, 6.07) is 0. The van der Waals surface area contributed by atoms with Crippen molar-refractivity contribution >= 4 is 11.9 Å². The minimum absolute atomic E-state index is 0.146. The average Bonchev–Trinajstić information content (AvgIpc) is 2.34. The molecule has 1 fully saturated rings. The second-order valence-corrected chi connectivity index (χ2v) is 5.12. The van der Waals surface area contributed by atoms with Crippen LogP contribution in [-0.2, 0) is 9.59 Å². The van der Waals surface area contributed by atoms with Crippen molar-refractivity contribution in [2.45, 2.75) is 51.6 Å². The van der Waals surface area contributed by atoms with E-state index in [-0.39, 0.29) is 17.9 Å². The number of hydrogen-bond acceptors (Lipinski definition) is 3. The smallest absolute Gasteiger partial charge is 0.307 e. The third-order valence-corrected chi connectivity index (χ3v) is 3.52. The van der Waals surface area contributed by atoms with Crippen molar-refractivity contribution in [3.05, 3.63) is 0 Å². The van der Waals surface area contributed by atoms with E-state index in [2.05, 4.69) is 5.32 Å². The van der Waals surface area contributed by atoms with E-state index in [0.29, 0.717) is 32.2 Å². The molecule has 0 spiro atoms. The second kappa shape index (κ2) is 7.36. The Labute approximate surface area is 108 Å². The standard InChI is InChI=1S/C13H23NO4/c1-9(15)5-4-8-14-12(16)10-6-2-3-7-11(10)13(17)18/h9-11,15H,2-8H2,1H3,(H,14,16)(H,17,18)/t9?,10-,11+/m1/s1. The molecule has 104 valence electrons. The number of aliphatic carboxylic acids is 1. The Morgan fingerprint density at radius 3 is 2.44 bits per heavy atom. The van der Waals surface area contributed by atoms with Gasteiger partial charge >= 0.3 is 5.97 Å². The monoisotopic (exact) mass is 257 g/mol. The Bertz CT molecular complexity index is 291. The molecule has 0 heterocycles. The van der Waals surface area contributed by atoms with Gasteiger partial charge in [0.05, 0.1) is 17.9 Å². The van der Waals surface area contributed by atoms with E-state index in [1.165, 1.54) is 0 Å². The molecule has 0 aliphatic heterocycles. The van der Waals surface area contributed by atoms with Crippen LogP contribution in [0.1, 0.15) is 45.4 Å². The van der Waals surface area contributed by atoms with E-state index >= 15 is 0 Å². The average molecular weight is 257 g/mol. The van der Waals surface area contributed by atoms with Gasteiger partial charge in [0.15, 0.2) is 0 Å². The number of carbonyl (C=O) groups excluding carboxylic acids is 1. The van der Waals surface area contributed by atoms with Crippen molar-refractivity contribution in [3.8, 4) is 0 Å². The summed E-state index contributed by atoms with van der Waals surface area (Å²) in [7, 11) is 0. The lowest BCUT2D eigenvalue weighted by Gasteiger charge is -2.27. The van der Waals surface area contributed by atoms with Crippen LogP contribution >= 0.6 is 0 Å². The first-order valence-electron chi connectivity index (χ1n) is 6.71. The maximum atomic E-state index is 11.9. The van der Waals surface area contributed by atoms with Gasteiger partial charge in [-0.05, 0) is 32.6 Å². The minimum Gasteiger partial charge on any atom is -0.481 e. The Kier molecular flexibility index (Phi) is 6.12. The van der Waals surface area contributed by atoms with Crippen LogP contribution in [0.4, 0.5) is 0 Å². The molecule has 0 aromatic rings. The summed E-state index contributed by atoms with van der Waals surface area (Å²) in [6.45, 7) is 2.22. The zero-order chi connectivity index (χ0) is 13.5. The van der Waals surface area contributed by atoms with Crippen molar-refractivity contribution in [1.82, 2.24) is 5.32 Å². The van der Waals surface area contributed by atoms with E-state index in [9.17, 15) is 9.59 Å². The highest BCUT2D eigenvalue weighted by molar-refractivity contribution is 5.84. The van der Waals surface area contributed by atoms with Gasteiger partial charge in [0, 0.05) is 6.54 Å². The predicted molar refractivity (Wildman–Crippen MR) is 67.0 cm³/mol. The van der Waals surface area contributed by atoms with Gasteiger partial charge in [0.2, 0.25) is 5.91 Å². The molecule has 0 aromatic carbocycles. The van der Waals surface area contributed by atoms with Crippen molar-refractivity contribution in [1.29, 1.82) is 0 Å². The third kappa shape index (κ3) is 4.64. The Morgan fingerprint density at radius 2 is 1.89 bits per heavy atom. The van der Waals surface area contributed by atoms with E-state index in [1.807, 2.05) is 0 Å². The van der Waals surface area contributed by atoms with Crippen molar-refractivity contribution in [2.75, 3.05) is 6.54 Å². The molecule has 5 nitrogen and oxygen atoms in total. The number of carboxylic acids is 1. The molecule has 1 unspecified atom stereocenters. The van der Waals surface area contributed by atoms with E-state index in [0.717, 1.165) is 12.8 Å². The number of rotatable bonds is 6. The fourth-order valence-electron chi connectivity index (χ4n) is 2.48.